The molecule has 7 heteroatoms. The van der Waals surface area contributed by atoms with Crippen LogP contribution in [0.5, 0.6) is 5.75 Å². The molecule has 6 nitrogen and oxygen atoms in total. The van der Waals surface area contributed by atoms with Gasteiger partial charge in [-0.25, -0.2) is 9.59 Å². The number of phenols is 1. The molecule has 3 N–H and O–H groups in total. The number of carboxylic acids is 2. The molecule has 0 fully saturated rings. The fourth-order valence-electron chi connectivity index (χ4n) is 1.53. The van der Waals surface area contributed by atoms with Crippen LogP contribution in [0.25, 0.3) is 0 Å². The van der Waals surface area contributed by atoms with Gasteiger partial charge in [-0.2, -0.15) is 0 Å². The highest BCUT2D eigenvalue weighted by atomic mass is 32.2. The normalized spacial score (nSPS) is 11.8. The van der Waals surface area contributed by atoms with Crippen molar-refractivity contribution in [3.8, 4) is 5.75 Å². The first-order valence-corrected chi connectivity index (χ1v) is 7.98. The zero-order valence-corrected chi connectivity index (χ0v) is 13.5. The number of rotatable bonds is 5. The average Bonchev–Trinajstić information content (AvgIpc) is 2.38. The highest BCUT2D eigenvalue weighted by Crippen LogP contribution is 2.22. The molecular formula is C15H20O6S. The van der Waals surface area contributed by atoms with Crippen LogP contribution in [0.2, 0.25) is 0 Å². The van der Waals surface area contributed by atoms with E-state index in [2.05, 4.69) is 13.8 Å². The minimum atomic E-state index is -1.26. The molecule has 0 saturated carbocycles. The fraction of sp³-hybridized carbons (Fsp3) is 0.333. The van der Waals surface area contributed by atoms with E-state index in [1.807, 2.05) is 12.1 Å². The lowest BCUT2D eigenvalue weighted by Crippen LogP contribution is -1.96. The van der Waals surface area contributed by atoms with Crippen molar-refractivity contribution in [3.63, 3.8) is 0 Å². The van der Waals surface area contributed by atoms with E-state index in [4.69, 9.17) is 10.2 Å². The summed E-state index contributed by atoms with van der Waals surface area (Å²) in [4.78, 5) is 19.6. The van der Waals surface area contributed by atoms with Gasteiger partial charge in [0, 0.05) is 18.4 Å². The first kappa shape index (κ1) is 19.9. The molecule has 0 aliphatic heterocycles. The summed E-state index contributed by atoms with van der Waals surface area (Å²) in [6.45, 7) is 4.27. The van der Waals surface area contributed by atoms with Gasteiger partial charge in [0.2, 0.25) is 0 Å². The van der Waals surface area contributed by atoms with Crippen LogP contribution in [0.3, 0.4) is 0 Å². The van der Waals surface area contributed by atoms with Gasteiger partial charge in [0.25, 0.3) is 0 Å². The first-order chi connectivity index (χ1) is 10.1. The van der Waals surface area contributed by atoms with Crippen LogP contribution >= 0.6 is 0 Å². The van der Waals surface area contributed by atoms with Crippen LogP contribution in [0.15, 0.2) is 35.2 Å². The molecule has 122 valence electrons. The van der Waals surface area contributed by atoms with Crippen LogP contribution in [0.1, 0.15) is 19.4 Å². The summed E-state index contributed by atoms with van der Waals surface area (Å²) < 4.78 is 11.3. The molecule has 0 saturated heterocycles. The Morgan fingerprint density at radius 1 is 1.18 bits per heavy atom. The maximum atomic E-state index is 11.3. The molecule has 0 radical (unpaired) electrons. The Morgan fingerprint density at radius 2 is 1.68 bits per heavy atom. The summed E-state index contributed by atoms with van der Waals surface area (Å²) in [6.07, 6.45) is 3.64. The van der Waals surface area contributed by atoms with Crippen LogP contribution in [0.4, 0.5) is 0 Å². The van der Waals surface area contributed by atoms with Gasteiger partial charge >= 0.3 is 11.9 Å². The smallest absolute Gasteiger partial charge is 0.328 e. The number of hydrogen-bond donors (Lipinski definition) is 3. The first-order valence-electron chi connectivity index (χ1n) is 6.42. The largest absolute Gasteiger partial charge is 0.507 e. The molecule has 1 unspecified atom stereocenters. The van der Waals surface area contributed by atoms with Crippen LogP contribution in [0, 0.1) is 5.92 Å². The van der Waals surface area contributed by atoms with Crippen molar-refractivity contribution in [3.05, 3.63) is 35.9 Å². The summed E-state index contributed by atoms with van der Waals surface area (Å²) in [7, 11) is -1.12. The number of phenolic OH excluding ortho intramolecular Hbond substituents is 1. The standard InChI is InChI=1S/C11H16O2S.C4H4O4/c1-8(2)6-9-4-5-10(12)11(7-9)14(3)13;5-3(6)1-2-4(7)8/h4-5,7-8,12H,6H2,1-3H3;1-2H,(H,5,6)(H,7,8)/b;2-1-. The number of carbonyl (C=O) groups is 2. The lowest BCUT2D eigenvalue weighted by atomic mass is 10.0. The molecular weight excluding hydrogens is 308 g/mol. The SMILES string of the molecule is CC(C)Cc1ccc(O)c(S(C)=O)c1.O=C(O)/C=C\C(=O)O. The molecule has 1 aromatic carbocycles. The van der Waals surface area contributed by atoms with Crippen LogP contribution < -0.4 is 0 Å². The number of aromatic hydroxyl groups is 1. The predicted molar refractivity (Wildman–Crippen MR) is 83.4 cm³/mol. The molecule has 1 atom stereocenters. The highest BCUT2D eigenvalue weighted by molar-refractivity contribution is 7.84. The van der Waals surface area contributed by atoms with Gasteiger partial charge in [0.05, 0.1) is 15.7 Å². The second-order valence-corrected chi connectivity index (χ2v) is 6.21. The molecule has 22 heavy (non-hydrogen) atoms. The Morgan fingerprint density at radius 3 is 2.05 bits per heavy atom. The molecule has 0 bridgehead atoms. The van der Waals surface area contributed by atoms with Crippen molar-refractivity contribution < 1.29 is 29.1 Å². The lowest BCUT2D eigenvalue weighted by Gasteiger charge is -2.07. The fourth-order valence-corrected chi connectivity index (χ4v) is 2.21. The van der Waals surface area contributed by atoms with Gasteiger partial charge in [0.15, 0.2) is 0 Å². The van der Waals surface area contributed by atoms with E-state index in [9.17, 15) is 18.9 Å². The average molecular weight is 328 g/mol. The Balaban J connectivity index is 0.000000472. The van der Waals surface area contributed by atoms with Gasteiger partial charge in [-0.3, -0.25) is 4.21 Å². The van der Waals surface area contributed by atoms with E-state index < -0.39 is 22.7 Å². The minimum Gasteiger partial charge on any atom is -0.507 e. The van der Waals surface area contributed by atoms with Crippen molar-refractivity contribution >= 4 is 22.7 Å². The van der Waals surface area contributed by atoms with E-state index in [-0.39, 0.29) is 5.75 Å². The second-order valence-electron chi connectivity index (χ2n) is 4.86. The molecule has 0 amide bonds. The van der Waals surface area contributed by atoms with Gasteiger partial charge in [-0.05, 0) is 30.0 Å². The monoisotopic (exact) mass is 328 g/mol. The summed E-state index contributed by atoms with van der Waals surface area (Å²) in [5.41, 5.74) is 1.13. The molecule has 1 rings (SSSR count). The Bertz CT molecular complexity index is 561. The third-order valence-corrected chi connectivity index (χ3v) is 3.29. The quantitative estimate of drug-likeness (QED) is 0.713. The third-order valence-electron chi connectivity index (χ3n) is 2.35. The maximum Gasteiger partial charge on any atom is 0.328 e. The van der Waals surface area contributed by atoms with Gasteiger partial charge in [0.1, 0.15) is 5.75 Å². The number of hydrogen-bond acceptors (Lipinski definition) is 4. The Kier molecular flexibility index (Phi) is 8.78. The summed E-state index contributed by atoms with van der Waals surface area (Å²) >= 11 is 0. The van der Waals surface area contributed by atoms with E-state index in [0.717, 1.165) is 12.0 Å². The van der Waals surface area contributed by atoms with Crippen molar-refractivity contribution in [2.45, 2.75) is 25.2 Å². The minimum absolute atomic E-state index is 0.123. The lowest BCUT2D eigenvalue weighted by molar-refractivity contribution is -0.134. The molecule has 0 aliphatic rings. The van der Waals surface area contributed by atoms with Crippen molar-refractivity contribution in [1.29, 1.82) is 0 Å². The van der Waals surface area contributed by atoms with E-state index in [0.29, 0.717) is 23.0 Å². The highest BCUT2D eigenvalue weighted by Gasteiger charge is 2.07. The van der Waals surface area contributed by atoms with Crippen molar-refractivity contribution in [1.82, 2.24) is 0 Å². The van der Waals surface area contributed by atoms with Crippen LogP contribution in [-0.4, -0.2) is 37.7 Å². The molecule has 0 aliphatic carbocycles. The van der Waals surface area contributed by atoms with Crippen molar-refractivity contribution in [2.75, 3.05) is 6.26 Å². The van der Waals surface area contributed by atoms with E-state index in [1.165, 1.54) is 0 Å². The summed E-state index contributed by atoms with van der Waals surface area (Å²) in [5, 5.41) is 25.1. The van der Waals surface area contributed by atoms with Gasteiger partial charge in [-0.15, -0.1) is 0 Å². The number of benzene rings is 1. The Labute approximate surface area is 131 Å². The Hall–Kier alpha value is -2.15. The van der Waals surface area contributed by atoms with E-state index in [1.54, 1.807) is 12.3 Å². The zero-order chi connectivity index (χ0) is 17.3. The van der Waals surface area contributed by atoms with Gasteiger partial charge < -0.3 is 15.3 Å². The molecule has 0 heterocycles. The molecule has 1 aromatic rings. The zero-order valence-electron chi connectivity index (χ0n) is 12.6. The third kappa shape index (κ3) is 8.91. The summed E-state index contributed by atoms with van der Waals surface area (Å²) in [6, 6.07) is 5.32. The molecule has 0 aromatic heterocycles. The number of carboxylic acid groups (broad SMARTS) is 2. The van der Waals surface area contributed by atoms with Crippen LogP contribution in [-0.2, 0) is 26.8 Å². The summed E-state index contributed by atoms with van der Waals surface area (Å²) in [5.74, 6) is -1.82. The topological polar surface area (TPSA) is 112 Å². The second kappa shape index (κ2) is 9.73. The van der Waals surface area contributed by atoms with E-state index >= 15 is 0 Å². The number of aliphatic carboxylic acids is 2. The predicted octanol–water partition coefficient (Wildman–Crippen LogP) is 2.04. The maximum absolute atomic E-state index is 11.3. The van der Waals surface area contributed by atoms with Crippen molar-refractivity contribution in [2.24, 2.45) is 5.92 Å². The molecule has 0 spiro atoms. The van der Waals surface area contributed by atoms with Gasteiger partial charge in [-0.1, -0.05) is 19.9 Å².